The first-order valence-corrected chi connectivity index (χ1v) is 4.15. The van der Waals surface area contributed by atoms with Gasteiger partial charge < -0.3 is 4.74 Å². The van der Waals surface area contributed by atoms with Gasteiger partial charge in [-0.25, -0.2) is 4.39 Å². The van der Waals surface area contributed by atoms with Crippen molar-refractivity contribution in [2.45, 2.75) is 13.5 Å². The second kappa shape index (κ2) is 4.66. The predicted octanol–water partition coefficient (Wildman–Crippen LogP) is 2.50. The van der Waals surface area contributed by atoms with Gasteiger partial charge in [-0.2, -0.15) is 14.0 Å². The predicted molar refractivity (Wildman–Crippen MR) is 47.8 cm³/mol. The van der Waals surface area contributed by atoms with Gasteiger partial charge in [0.05, 0.1) is 17.2 Å². The van der Waals surface area contributed by atoms with Crippen LogP contribution in [0.4, 0.5) is 13.2 Å². The molecule has 84 valence electrons. The molecule has 0 heterocycles. The SMILES string of the molecule is CC(=O)c1c(C#N)ccc(OC(F)F)c1F. The van der Waals surface area contributed by atoms with E-state index in [1.165, 1.54) is 0 Å². The van der Waals surface area contributed by atoms with E-state index < -0.39 is 29.5 Å². The maximum Gasteiger partial charge on any atom is 0.387 e. The molecule has 0 aliphatic carbocycles. The van der Waals surface area contributed by atoms with E-state index in [-0.39, 0.29) is 5.56 Å². The van der Waals surface area contributed by atoms with Crippen molar-refractivity contribution >= 4 is 5.78 Å². The Balaban J connectivity index is 3.33. The molecule has 0 N–H and O–H groups in total. The molecule has 1 rings (SSSR count). The molecule has 6 heteroatoms. The van der Waals surface area contributed by atoms with E-state index >= 15 is 0 Å². The first-order valence-electron chi connectivity index (χ1n) is 4.15. The molecule has 0 saturated heterocycles. The standard InChI is InChI=1S/C10H6F3NO2/c1-5(15)8-6(4-14)2-3-7(9(8)11)16-10(12)13/h2-3,10H,1H3. The van der Waals surface area contributed by atoms with Crippen LogP contribution in [0.2, 0.25) is 0 Å². The van der Waals surface area contributed by atoms with Crippen LogP contribution in [0.1, 0.15) is 22.8 Å². The van der Waals surface area contributed by atoms with Gasteiger partial charge >= 0.3 is 6.61 Å². The Hall–Kier alpha value is -2.03. The minimum absolute atomic E-state index is 0.216. The van der Waals surface area contributed by atoms with Crippen molar-refractivity contribution in [1.29, 1.82) is 5.26 Å². The lowest BCUT2D eigenvalue weighted by atomic mass is 10.0. The monoisotopic (exact) mass is 229 g/mol. The van der Waals surface area contributed by atoms with Gasteiger partial charge in [0, 0.05) is 0 Å². The highest BCUT2D eigenvalue weighted by Gasteiger charge is 2.19. The molecule has 0 atom stereocenters. The number of nitriles is 1. The van der Waals surface area contributed by atoms with E-state index in [0.29, 0.717) is 0 Å². The number of benzene rings is 1. The number of carbonyl (C=O) groups is 1. The summed E-state index contributed by atoms with van der Waals surface area (Å²) in [5.41, 5.74) is -0.757. The van der Waals surface area contributed by atoms with E-state index in [1.807, 2.05) is 0 Å². The summed E-state index contributed by atoms with van der Waals surface area (Å²) in [6.45, 7) is -2.16. The third-order valence-corrected chi connectivity index (χ3v) is 1.80. The van der Waals surface area contributed by atoms with Crippen LogP contribution in [-0.4, -0.2) is 12.4 Å². The Kier molecular flexibility index (Phi) is 3.51. The molecule has 0 saturated carbocycles. The fourth-order valence-corrected chi connectivity index (χ4v) is 1.18. The lowest BCUT2D eigenvalue weighted by molar-refractivity contribution is -0.0522. The number of hydrogen-bond acceptors (Lipinski definition) is 3. The number of halogens is 3. The molecule has 3 nitrogen and oxygen atoms in total. The number of ether oxygens (including phenoxy) is 1. The molecule has 1 aromatic rings. The molecular weight excluding hydrogens is 223 g/mol. The van der Waals surface area contributed by atoms with Gasteiger partial charge in [-0.3, -0.25) is 4.79 Å². The minimum atomic E-state index is -3.19. The molecule has 0 aromatic heterocycles. The summed E-state index contributed by atoms with van der Waals surface area (Å²) in [5.74, 6) is -2.72. The van der Waals surface area contributed by atoms with Gasteiger partial charge in [0.25, 0.3) is 0 Å². The van der Waals surface area contributed by atoms with Crippen LogP contribution in [0, 0.1) is 17.1 Å². The molecule has 0 amide bonds. The molecule has 0 fully saturated rings. The van der Waals surface area contributed by atoms with E-state index in [4.69, 9.17) is 5.26 Å². The van der Waals surface area contributed by atoms with Gasteiger partial charge in [0.15, 0.2) is 17.3 Å². The highest BCUT2D eigenvalue weighted by Crippen LogP contribution is 2.25. The fraction of sp³-hybridized carbons (Fsp3) is 0.200. The average molecular weight is 229 g/mol. The molecule has 0 radical (unpaired) electrons. The topological polar surface area (TPSA) is 50.1 Å². The normalized spacial score (nSPS) is 10.0. The lowest BCUT2D eigenvalue weighted by Gasteiger charge is -2.08. The molecule has 0 spiro atoms. The van der Waals surface area contributed by atoms with Gasteiger partial charge in [-0.05, 0) is 19.1 Å². The van der Waals surface area contributed by atoms with Gasteiger partial charge in [0.2, 0.25) is 0 Å². The van der Waals surface area contributed by atoms with Crippen LogP contribution < -0.4 is 4.74 Å². The number of hydrogen-bond donors (Lipinski definition) is 0. The molecule has 1 aromatic carbocycles. The van der Waals surface area contributed by atoms with Crippen LogP contribution in [0.3, 0.4) is 0 Å². The maximum atomic E-state index is 13.5. The van der Waals surface area contributed by atoms with Crippen LogP contribution in [0.15, 0.2) is 12.1 Å². The van der Waals surface area contributed by atoms with Crippen LogP contribution >= 0.6 is 0 Å². The van der Waals surface area contributed by atoms with Crippen molar-refractivity contribution < 1.29 is 22.7 Å². The summed E-state index contributed by atoms with van der Waals surface area (Å²) in [6, 6.07) is 3.53. The molecular formula is C10H6F3NO2. The summed E-state index contributed by atoms with van der Waals surface area (Å²) in [6.07, 6.45) is 0. The second-order valence-electron chi connectivity index (χ2n) is 2.85. The molecule has 0 bridgehead atoms. The van der Waals surface area contributed by atoms with Gasteiger partial charge in [-0.1, -0.05) is 0 Å². The minimum Gasteiger partial charge on any atom is -0.432 e. The van der Waals surface area contributed by atoms with Gasteiger partial charge in [-0.15, -0.1) is 0 Å². The van der Waals surface area contributed by atoms with E-state index in [2.05, 4.69) is 4.74 Å². The highest BCUT2D eigenvalue weighted by atomic mass is 19.3. The average Bonchev–Trinajstić information content (AvgIpc) is 2.19. The zero-order valence-corrected chi connectivity index (χ0v) is 8.13. The molecule has 16 heavy (non-hydrogen) atoms. The van der Waals surface area contributed by atoms with E-state index in [1.54, 1.807) is 6.07 Å². The van der Waals surface area contributed by atoms with Crippen molar-refractivity contribution in [3.8, 4) is 11.8 Å². The summed E-state index contributed by atoms with van der Waals surface area (Å²) >= 11 is 0. The smallest absolute Gasteiger partial charge is 0.387 e. The summed E-state index contributed by atoms with van der Waals surface area (Å²) < 4.78 is 41.1. The third-order valence-electron chi connectivity index (χ3n) is 1.80. The first kappa shape index (κ1) is 12.0. The number of Topliss-reactive ketones (excluding diaryl/α,β-unsaturated/α-hetero) is 1. The third kappa shape index (κ3) is 2.31. The Bertz CT molecular complexity index is 466. The van der Waals surface area contributed by atoms with E-state index in [9.17, 15) is 18.0 Å². The quantitative estimate of drug-likeness (QED) is 0.748. The molecule has 0 unspecified atom stereocenters. The summed E-state index contributed by atoms with van der Waals surface area (Å²) in [5, 5.41) is 8.61. The second-order valence-corrected chi connectivity index (χ2v) is 2.85. The van der Waals surface area contributed by atoms with Crippen molar-refractivity contribution in [3.63, 3.8) is 0 Å². The Morgan fingerprint density at radius 3 is 2.56 bits per heavy atom. The largest absolute Gasteiger partial charge is 0.432 e. The lowest BCUT2D eigenvalue weighted by Crippen LogP contribution is -2.08. The fourth-order valence-electron chi connectivity index (χ4n) is 1.18. The van der Waals surface area contributed by atoms with Crippen LogP contribution in [0.25, 0.3) is 0 Å². The Morgan fingerprint density at radius 2 is 2.12 bits per heavy atom. The number of nitrogens with zero attached hydrogens (tertiary/aromatic N) is 1. The number of alkyl halides is 2. The van der Waals surface area contributed by atoms with Gasteiger partial charge in [0.1, 0.15) is 0 Å². The van der Waals surface area contributed by atoms with E-state index in [0.717, 1.165) is 19.1 Å². The first-order chi connectivity index (χ1) is 7.47. The zero-order chi connectivity index (χ0) is 12.3. The molecule has 0 aliphatic heterocycles. The highest BCUT2D eigenvalue weighted by molar-refractivity contribution is 5.97. The van der Waals surface area contributed by atoms with Crippen LogP contribution in [-0.2, 0) is 0 Å². The number of rotatable bonds is 3. The van der Waals surface area contributed by atoms with Crippen LogP contribution in [0.5, 0.6) is 5.75 Å². The Labute approximate surface area is 89.1 Å². The Morgan fingerprint density at radius 1 is 1.50 bits per heavy atom. The summed E-state index contributed by atoms with van der Waals surface area (Å²) in [4.78, 5) is 11.0. The molecule has 0 aliphatic rings. The van der Waals surface area contributed by atoms with Crippen molar-refractivity contribution in [1.82, 2.24) is 0 Å². The van der Waals surface area contributed by atoms with Crippen molar-refractivity contribution in [2.24, 2.45) is 0 Å². The summed E-state index contributed by atoms with van der Waals surface area (Å²) in [7, 11) is 0. The van der Waals surface area contributed by atoms with Crippen molar-refractivity contribution in [2.75, 3.05) is 0 Å². The number of carbonyl (C=O) groups excluding carboxylic acids is 1. The maximum absolute atomic E-state index is 13.5. The number of ketones is 1. The van der Waals surface area contributed by atoms with Crippen molar-refractivity contribution in [3.05, 3.63) is 29.1 Å². The zero-order valence-electron chi connectivity index (χ0n) is 8.13.